The van der Waals surface area contributed by atoms with Gasteiger partial charge in [0.2, 0.25) is 0 Å². The van der Waals surface area contributed by atoms with Gasteiger partial charge in [-0.15, -0.1) is 11.3 Å². The zero-order chi connectivity index (χ0) is 14.7. The predicted molar refractivity (Wildman–Crippen MR) is 84.2 cm³/mol. The van der Waals surface area contributed by atoms with Crippen molar-refractivity contribution in [1.29, 1.82) is 0 Å². The van der Waals surface area contributed by atoms with Gasteiger partial charge in [0.05, 0.1) is 10.6 Å². The Morgan fingerprint density at radius 3 is 2.85 bits per heavy atom. The third kappa shape index (κ3) is 3.28. The van der Waals surface area contributed by atoms with E-state index in [1.807, 2.05) is 0 Å². The van der Waals surface area contributed by atoms with E-state index in [2.05, 4.69) is 4.98 Å². The van der Waals surface area contributed by atoms with Gasteiger partial charge in [-0.3, -0.25) is 4.79 Å². The average molecular weight is 304 g/mol. The summed E-state index contributed by atoms with van der Waals surface area (Å²) in [5.74, 6) is -0.00446. The van der Waals surface area contributed by atoms with Gasteiger partial charge in [-0.1, -0.05) is 30.4 Å². The number of carbonyl (C=O) groups is 1. The number of aryl methyl sites for hydroxylation is 1. The maximum absolute atomic E-state index is 12.1. The zero-order valence-electron chi connectivity index (χ0n) is 10.7. The second kappa shape index (κ2) is 5.94. The lowest BCUT2D eigenvalue weighted by atomic mass is 10.1. The smallest absolute Gasteiger partial charge is 0.197 e. The highest BCUT2D eigenvalue weighted by Gasteiger charge is 2.14. The van der Waals surface area contributed by atoms with Gasteiger partial charge < -0.3 is 10.8 Å². The molecule has 1 aromatic carbocycles. The number of rotatable bonds is 4. The number of phenolic OH excluding ortho intramolecular Hbond substituents is 1. The quantitative estimate of drug-likeness (QED) is 0.516. The number of thiocarbonyl (C=S) groups is 1. The van der Waals surface area contributed by atoms with Crippen molar-refractivity contribution >= 4 is 40.4 Å². The molecule has 0 amide bonds. The summed E-state index contributed by atoms with van der Waals surface area (Å²) in [6.07, 6.45) is 3.08. The van der Waals surface area contributed by atoms with Crippen LogP contribution in [0.3, 0.4) is 0 Å². The minimum Gasteiger partial charge on any atom is -0.508 e. The molecule has 0 spiro atoms. The molecule has 4 nitrogen and oxygen atoms in total. The summed E-state index contributed by atoms with van der Waals surface area (Å²) in [5, 5.41) is 9.84. The van der Waals surface area contributed by atoms with Crippen LogP contribution in [0, 0.1) is 6.92 Å². The highest BCUT2D eigenvalue weighted by molar-refractivity contribution is 7.81. The van der Waals surface area contributed by atoms with Crippen molar-refractivity contribution in [1.82, 2.24) is 4.98 Å². The molecule has 1 aromatic heterocycles. The fourth-order valence-electron chi connectivity index (χ4n) is 1.61. The molecule has 3 N–H and O–H groups in total. The van der Waals surface area contributed by atoms with Gasteiger partial charge in [0.25, 0.3) is 0 Å². The number of hydrogen-bond donors (Lipinski definition) is 2. The van der Waals surface area contributed by atoms with Crippen molar-refractivity contribution in [2.75, 3.05) is 0 Å². The first-order chi connectivity index (χ1) is 9.47. The molecule has 0 unspecified atom stereocenters. The second-order valence-electron chi connectivity index (χ2n) is 4.09. The topological polar surface area (TPSA) is 76.2 Å². The third-order valence-corrected chi connectivity index (χ3v) is 4.06. The van der Waals surface area contributed by atoms with Crippen LogP contribution in [0.15, 0.2) is 30.3 Å². The summed E-state index contributed by atoms with van der Waals surface area (Å²) in [5.41, 5.74) is 6.86. The van der Waals surface area contributed by atoms with Crippen molar-refractivity contribution in [3.05, 3.63) is 51.5 Å². The van der Waals surface area contributed by atoms with E-state index >= 15 is 0 Å². The molecular formula is C14H12N2O2S2. The normalized spacial score (nSPS) is 10.8. The molecule has 20 heavy (non-hydrogen) atoms. The van der Waals surface area contributed by atoms with Crippen LogP contribution in [0.1, 0.15) is 25.9 Å². The molecule has 0 saturated carbocycles. The largest absolute Gasteiger partial charge is 0.508 e. The Morgan fingerprint density at radius 2 is 2.25 bits per heavy atom. The van der Waals surface area contributed by atoms with Crippen molar-refractivity contribution in [3.8, 4) is 5.75 Å². The van der Waals surface area contributed by atoms with E-state index in [-0.39, 0.29) is 16.5 Å². The number of aromatic nitrogens is 1. The van der Waals surface area contributed by atoms with Crippen LogP contribution in [0.5, 0.6) is 5.75 Å². The van der Waals surface area contributed by atoms with Gasteiger partial charge in [0, 0.05) is 0 Å². The van der Waals surface area contributed by atoms with Crippen LogP contribution < -0.4 is 5.73 Å². The number of nitrogens with two attached hydrogens (primary N) is 1. The van der Waals surface area contributed by atoms with Crippen molar-refractivity contribution in [2.24, 2.45) is 5.73 Å². The number of nitrogens with zero attached hydrogens (tertiary/aromatic N) is 1. The van der Waals surface area contributed by atoms with E-state index < -0.39 is 0 Å². The molecule has 0 fully saturated rings. The Balaban J connectivity index is 2.22. The number of aromatic hydroxyl groups is 1. The van der Waals surface area contributed by atoms with Gasteiger partial charge in [0.1, 0.15) is 10.7 Å². The summed E-state index contributed by atoms with van der Waals surface area (Å²) in [7, 11) is 0. The van der Waals surface area contributed by atoms with E-state index in [0.29, 0.717) is 15.6 Å². The fraction of sp³-hybridized carbons (Fsp3) is 0.0714. The van der Waals surface area contributed by atoms with Gasteiger partial charge in [-0.05, 0) is 30.7 Å². The first kappa shape index (κ1) is 14.4. The zero-order valence-corrected chi connectivity index (χ0v) is 12.3. The molecule has 0 atom stereocenters. The van der Waals surface area contributed by atoms with Crippen molar-refractivity contribution in [3.63, 3.8) is 0 Å². The SMILES string of the molecule is Cc1nc(C(N)=S)sc1C(=O)/C=C/c1cccc(O)c1. The fourth-order valence-corrected chi connectivity index (χ4v) is 2.62. The number of benzene rings is 1. The first-order valence-electron chi connectivity index (χ1n) is 5.76. The maximum Gasteiger partial charge on any atom is 0.197 e. The van der Waals surface area contributed by atoms with Crippen molar-refractivity contribution in [2.45, 2.75) is 6.92 Å². The van der Waals surface area contributed by atoms with E-state index in [1.54, 1.807) is 37.3 Å². The molecule has 0 saturated heterocycles. The highest BCUT2D eigenvalue weighted by Crippen LogP contribution is 2.20. The van der Waals surface area contributed by atoms with E-state index in [1.165, 1.54) is 17.4 Å². The molecule has 0 bridgehead atoms. The first-order valence-corrected chi connectivity index (χ1v) is 6.98. The van der Waals surface area contributed by atoms with Gasteiger partial charge in [-0.2, -0.15) is 0 Å². The summed E-state index contributed by atoms with van der Waals surface area (Å²) in [6, 6.07) is 6.65. The van der Waals surface area contributed by atoms with Gasteiger partial charge >= 0.3 is 0 Å². The Bertz CT molecular complexity index is 705. The van der Waals surface area contributed by atoms with Crippen LogP contribution >= 0.6 is 23.6 Å². The Kier molecular flexibility index (Phi) is 4.26. The lowest BCUT2D eigenvalue weighted by Crippen LogP contribution is -2.08. The number of phenols is 1. The monoisotopic (exact) mass is 304 g/mol. The lowest BCUT2D eigenvalue weighted by molar-refractivity contribution is 0.105. The maximum atomic E-state index is 12.1. The average Bonchev–Trinajstić information content (AvgIpc) is 2.78. The molecule has 2 aromatic rings. The standard InChI is InChI=1S/C14H12N2O2S2/c1-8-12(20-14(16-8)13(15)19)11(18)6-5-9-3-2-4-10(17)7-9/h2-7,17H,1H3,(H2,15,19)/b6-5+. The Labute approximate surface area is 125 Å². The number of thiazole rings is 1. The molecule has 0 aliphatic carbocycles. The molecule has 1 heterocycles. The third-order valence-electron chi connectivity index (χ3n) is 2.53. The summed E-state index contributed by atoms with van der Waals surface area (Å²) in [6.45, 7) is 1.74. The Hall–Kier alpha value is -2.05. The predicted octanol–water partition coefficient (Wildman–Crippen LogP) is 2.69. The van der Waals surface area contributed by atoms with Gasteiger partial charge in [0.15, 0.2) is 10.8 Å². The van der Waals surface area contributed by atoms with E-state index in [9.17, 15) is 9.90 Å². The highest BCUT2D eigenvalue weighted by atomic mass is 32.1. The summed E-state index contributed by atoms with van der Waals surface area (Å²) >= 11 is 6.03. The van der Waals surface area contributed by atoms with Crippen LogP contribution in [0.2, 0.25) is 0 Å². The van der Waals surface area contributed by atoms with Gasteiger partial charge in [-0.25, -0.2) is 4.98 Å². The number of allylic oxidation sites excluding steroid dienone is 1. The molecule has 102 valence electrons. The molecule has 0 aliphatic rings. The second-order valence-corrected chi connectivity index (χ2v) is 5.53. The van der Waals surface area contributed by atoms with Crippen LogP contribution in [0.25, 0.3) is 6.08 Å². The number of ketones is 1. The van der Waals surface area contributed by atoms with Crippen LogP contribution in [-0.2, 0) is 0 Å². The van der Waals surface area contributed by atoms with Crippen LogP contribution in [0.4, 0.5) is 0 Å². The molecule has 2 rings (SSSR count). The molecular weight excluding hydrogens is 292 g/mol. The number of hydrogen-bond acceptors (Lipinski definition) is 5. The molecule has 6 heteroatoms. The molecule has 0 radical (unpaired) electrons. The molecule has 0 aliphatic heterocycles. The van der Waals surface area contributed by atoms with E-state index in [4.69, 9.17) is 18.0 Å². The Morgan fingerprint density at radius 1 is 1.50 bits per heavy atom. The van der Waals surface area contributed by atoms with E-state index in [0.717, 1.165) is 5.56 Å². The van der Waals surface area contributed by atoms with Crippen molar-refractivity contribution < 1.29 is 9.90 Å². The number of carbonyl (C=O) groups excluding carboxylic acids is 1. The van der Waals surface area contributed by atoms with Crippen LogP contribution in [-0.4, -0.2) is 20.9 Å². The summed E-state index contributed by atoms with van der Waals surface area (Å²) in [4.78, 5) is 17.0. The lowest BCUT2D eigenvalue weighted by Gasteiger charge is -1.95. The minimum absolute atomic E-state index is 0.157. The minimum atomic E-state index is -0.161. The summed E-state index contributed by atoms with van der Waals surface area (Å²) < 4.78 is 0.